The number of aliphatic hydroxyl groups excluding tert-OH is 1. The van der Waals surface area contributed by atoms with E-state index in [4.69, 9.17) is 14.2 Å². The number of aliphatic hydroxyl groups is 1. The quantitative estimate of drug-likeness (QED) is 0.345. The van der Waals surface area contributed by atoms with Gasteiger partial charge in [0.05, 0.1) is 31.1 Å². The minimum absolute atomic E-state index is 0.117. The van der Waals surface area contributed by atoms with E-state index < -0.39 is 28.1 Å². The fourth-order valence-corrected chi connectivity index (χ4v) is 5.82. The third-order valence-corrected chi connectivity index (χ3v) is 8.56. The molecule has 2 aliphatic heterocycles. The second-order valence-corrected chi connectivity index (χ2v) is 12.3. The number of aryl methyl sites for hydroxylation is 1. The van der Waals surface area contributed by atoms with Crippen LogP contribution in [0.3, 0.4) is 0 Å². The molecule has 230 valence electrons. The number of nitrogens with one attached hydrogen (secondary N) is 2. The molecule has 2 aliphatic rings. The lowest BCUT2D eigenvalue weighted by molar-refractivity contribution is 0.0371. The maximum Gasteiger partial charge on any atom is 0.321 e. The average Bonchev–Trinajstić information content (AvgIpc) is 3.63. The lowest BCUT2D eigenvalue weighted by Crippen LogP contribution is -2.50. The molecule has 0 saturated heterocycles. The number of amides is 3. The van der Waals surface area contributed by atoms with Crippen molar-refractivity contribution in [2.75, 3.05) is 43.6 Å². The van der Waals surface area contributed by atoms with Crippen LogP contribution in [0, 0.1) is 5.92 Å². The number of benzene rings is 2. The van der Waals surface area contributed by atoms with Gasteiger partial charge in [0.1, 0.15) is 11.9 Å². The molecule has 3 N–H and O–H groups in total. The van der Waals surface area contributed by atoms with Crippen molar-refractivity contribution in [1.82, 2.24) is 19.4 Å². The Bertz CT molecular complexity index is 1630. The molecule has 0 aliphatic carbocycles. The van der Waals surface area contributed by atoms with Gasteiger partial charge in [0.25, 0.3) is 15.9 Å². The van der Waals surface area contributed by atoms with E-state index in [1.165, 1.54) is 45.1 Å². The molecule has 3 aromatic rings. The van der Waals surface area contributed by atoms with Gasteiger partial charge >= 0.3 is 6.03 Å². The summed E-state index contributed by atoms with van der Waals surface area (Å²) in [6, 6.07) is 8.61. The fourth-order valence-electron chi connectivity index (χ4n) is 4.79. The highest BCUT2D eigenvalue weighted by molar-refractivity contribution is 7.92. The summed E-state index contributed by atoms with van der Waals surface area (Å²) in [4.78, 5) is 33.7. The van der Waals surface area contributed by atoms with Crippen LogP contribution in [-0.2, 0) is 17.1 Å². The molecule has 2 aromatic carbocycles. The number of hydrogen-bond acceptors (Lipinski definition) is 9. The van der Waals surface area contributed by atoms with Crippen molar-refractivity contribution in [1.29, 1.82) is 0 Å². The summed E-state index contributed by atoms with van der Waals surface area (Å²) in [5, 5.41) is 12.6. The van der Waals surface area contributed by atoms with E-state index in [1.807, 2.05) is 6.92 Å². The Morgan fingerprint density at radius 1 is 1.16 bits per heavy atom. The molecule has 1 aromatic heterocycles. The molecule has 43 heavy (non-hydrogen) atoms. The van der Waals surface area contributed by atoms with Crippen LogP contribution in [0.1, 0.15) is 24.2 Å². The second-order valence-electron chi connectivity index (χ2n) is 10.7. The molecular formula is C28H34N6O8S. The van der Waals surface area contributed by atoms with Crippen LogP contribution < -0.4 is 24.2 Å². The standard InChI is InChI=1S/C28H34N6O8S/c1-17-11-34(18(2)14-35)27(36)21-9-20(31-43(38,39)26-13-32(3)15-29-26)6-7-22(21)42-25(17)12-33(4)28(37)30-19-5-8-23-24(10-19)41-16-40-23/h5-10,13,15,17-18,25,31,35H,11-12,14,16H2,1-4H3,(H,30,37)/t17-,18-,25+/m1/s1. The Kier molecular flexibility index (Phi) is 8.37. The van der Waals surface area contributed by atoms with Crippen LogP contribution in [0.5, 0.6) is 17.2 Å². The second kappa shape index (κ2) is 12.0. The Morgan fingerprint density at radius 2 is 1.88 bits per heavy atom. The number of aromatic nitrogens is 2. The van der Waals surface area contributed by atoms with E-state index in [0.717, 1.165) is 0 Å². The van der Waals surface area contributed by atoms with Gasteiger partial charge in [-0.25, -0.2) is 9.78 Å². The van der Waals surface area contributed by atoms with E-state index in [0.29, 0.717) is 17.2 Å². The van der Waals surface area contributed by atoms with Gasteiger partial charge in [0.2, 0.25) is 6.79 Å². The first-order valence-corrected chi connectivity index (χ1v) is 15.1. The van der Waals surface area contributed by atoms with Crippen LogP contribution in [0.15, 0.2) is 53.9 Å². The zero-order valence-corrected chi connectivity index (χ0v) is 25.0. The zero-order valence-electron chi connectivity index (χ0n) is 24.2. The van der Waals surface area contributed by atoms with Crippen LogP contribution in [0.2, 0.25) is 0 Å². The van der Waals surface area contributed by atoms with Gasteiger partial charge in [-0.1, -0.05) is 6.92 Å². The minimum Gasteiger partial charge on any atom is -0.487 e. The Balaban J connectivity index is 1.38. The molecule has 0 unspecified atom stereocenters. The highest BCUT2D eigenvalue weighted by atomic mass is 32.2. The molecule has 14 nitrogen and oxygen atoms in total. The number of ether oxygens (including phenoxy) is 3. The van der Waals surface area contributed by atoms with Crippen molar-refractivity contribution in [3.8, 4) is 17.2 Å². The van der Waals surface area contributed by atoms with E-state index >= 15 is 0 Å². The number of imidazole rings is 1. The summed E-state index contributed by atoms with van der Waals surface area (Å²) in [5.41, 5.74) is 0.793. The lowest BCUT2D eigenvalue weighted by atomic mass is 9.99. The third kappa shape index (κ3) is 6.46. The first kappa shape index (κ1) is 30.0. The molecule has 0 fully saturated rings. The summed E-state index contributed by atoms with van der Waals surface area (Å²) in [6.07, 6.45) is 2.18. The van der Waals surface area contributed by atoms with Gasteiger partial charge in [0.15, 0.2) is 16.5 Å². The first-order chi connectivity index (χ1) is 20.4. The van der Waals surface area contributed by atoms with Crippen molar-refractivity contribution >= 4 is 33.3 Å². The Morgan fingerprint density at radius 3 is 2.60 bits per heavy atom. The van der Waals surface area contributed by atoms with Crippen molar-refractivity contribution in [2.45, 2.75) is 31.0 Å². The van der Waals surface area contributed by atoms with E-state index in [-0.39, 0.29) is 60.5 Å². The molecule has 0 radical (unpaired) electrons. The SMILES string of the molecule is C[C@@H]1CN([C@H](C)CO)C(=O)c2cc(NS(=O)(=O)c3cn(C)cn3)ccc2O[C@H]1CN(C)C(=O)Nc1ccc2c(c1)OCO2. The lowest BCUT2D eigenvalue weighted by Gasteiger charge is -2.38. The maximum absolute atomic E-state index is 13.7. The van der Waals surface area contributed by atoms with E-state index in [1.54, 1.807) is 39.2 Å². The summed E-state index contributed by atoms with van der Waals surface area (Å²) >= 11 is 0. The molecule has 3 amide bonds. The van der Waals surface area contributed by atoms with Crippen molar-refractivity contribution in [3.05, 3.63) is 54.5 Å². The number of sulfonamides is 1. The Labute approximate surface area is 249 Å². The van der Waals surface area contributed by atoms with Crippen molar-refractivity contribution < 1.29 is 37.3 Å². The number of hydrogen-bond donors (Lipinski definition) is 3. The van der Waals surface area contributed by atoms with Gasteiger partial charge < -0.3 is 39.0 Å². The average molecular weight is 615 g/mol. The topological polar surface area (TPSA) is 165 Å². The zero-order chi connectivity index (χ0) is 30.9. The predicted octanol–water partition coefficient (Wildman–Crippen LogP) is 2.33. The molecule has 0 spiro atoms. The van der Waals surface area contributed by atoms with E-state index in [9.17, 15) is 23.1 Å². The highest BCUT2D eigenvalue weighted by Crippen LogP contribution is 2.35. The van der Waals surface area contributed by atoms with Gasteiger partial charge in [-0.2, -0.15) is 8.42 Å². The van der Waals surface area contributed by atoms with Crippen LogP contribution in [-0.4, -0.2) is 90.5 Å². The van der Waals surface area contributed by atoms with Gasteiger partial charge in [-0.3, -0.25) is 9.52 Å². The molecule has 0 saturated carbocycles. The smallest absolute Gasteiger partial charge is 0.321 e. The summed E-state index contributed by atoms with van der Waals surface area (Å²) in [7, 11) is -0.731. The summed E-state index contributed by atoms with van der Waals surface area (Å²) in [6.45, 7) is 3.87. The maximum atomic E-state index is 13.7. The number of anilines is 2. The number of fused-ring (bicyclic) bond motifs is 2. The van der Waals surface area contributed by atoms with Crippen LogP contribution in [0.4, 0.5) is 16.2 Å². The first-order valence-electron chi connectivity index (χ1n) is 13.6. The summed E-state index contributed by atoms with van der Waals surface area (Å²) in [5.74, 6) is 0.704. The number of carbonyl (C=O) groups is 2. The number of rotatable bonds is 8. The third-order valence-electron chi connectivity index (χ3n) is 7.30. The molecule has 0 bridgehead atoms. The van der Waals surface area contributed by atoms with Crippen LogP contribution >= 0.6 is 0 Å². The number of urea groups is 1. The summed E-state index contributed by atoms with van der Waals surface area (Å²) < 4.78 is 46.7. The van der Waals surface area contributed by atoms with Crippen LogP contribution in [0.25, 0.3) is 0 Å². The monoisotopic (exact) mass is 614 g/mol. The largest absolute Gasteiger partial charge is 0.487 e. The van der Waals surface area contributed by atoms with E-state index in [2.05, 4.69) is 15.0 Å². The minimum atomic E-state index is -4.02. The molecule has 15 heteroatoms. The van der Waals surface area contributed by atoms with Gasteiger partial charge in [-0.05, 0) is 37.3 Å². The van der Waals surface area contributed by atoms with Crippen molar-refractivity contribution in [2.24, 2.45) is 13.0 Å². The highest BCUT2D eigenvalue weighted by Gasteiger charge is 2.34. The van der Waals surface area contributed by atoms with Crippen molar-refractivity contribution in [3.63, 3.8) is 0 Å². The molecule has 5 rings (SSSR count). The number of likely N-dealkylation sites (N-methyl/N-ethyl adjacent to an activating group) is 1. The number of nitrogens with zero attached hydrogens (tertiary/aromatic N) is 4. The van der Waals surface area contributed by atoms with Gasteiger partial charge in [0, 0.05) is 50.2 Å². The molecule has 3 atom stereocenters. The Hall–Kier alpha value is -4.50. The fraction of sp³-hybridized carbons (Fsp3) is 0.393. The molecule has 3 heterocycles. The number of carbonyl (C=O) groups excluding carboxylic acids is 2. The van der Waals surface area contributed by atoms with Gasteiger partial charge in [-0.15, -0.1) is 0 Å². The molecular weight excluding hydrogens is 580 g/mol. The predicted molar refractivity (Wildman–Crippen MR) is 156 cm³/mol. The normalized spacial score (nSPS) is 18.6.